The smallest absolute Gasteiger partial charge is 0.224 e. The van der Waals surface area contributed by atoms with E-state index in [9.17, 15) is 4.79 Å². The van der Waals surface area contributed by atoms with Gasteiger partial charge >= 0.3 is 0 Å². The van der Waals surface area contributed by atoms with Gasteiger partial charge in [-0.3, -0.25) is 4.79 Å². The predicted molar refractivity (Wildman–Crippen MR) is 79.4 cm³/mol. The fourth-order valence-electron chi connectivity index (χ4n) is 1.40. The lowest BCUT2D eigenvalue weighted by molar-refractivity contribution is -0.124. The summed E-state index contributed by atoms with van der Waals surface area (Å²) in [6.07, 6.45) is 1.69. The van der Waals surface area contributed by atoms with Crippen molar-refractivity contribution in [3.05, 3.63) is 42.5 Å². The molecule has 0 bridgehead atoms. The Balaban J connectivity index is 0.00000324. The van der Waals surface area contributed by atoms with Gasteiger partial charge in [-0.05, 0) is 6.07 Å². The van der Waals surface area contributed by atoms with Gasteiger partial charge in [0.05, 0.1) is 0 Å². The molecule has 1 atom stereocenters. The first-order valence-electron chi connectivity index (χ1n) is 5.98. The summed E-state index contributed by atoms with van der Waals surface area (Å²) >= 11 is 0. The van der Waals surface area contributed by atoms with Crippen LogP contribution in [0.1, 0.15) is 12.5 Å². The van der Waals surface area contributed by atoms with Crippen LogP contribution in [0.25, 0.3) is 0 Å². The van der Waals surface area contributed by atoms with Crippen LogP contribution in [-0.4, -0.2) is 19.1 Å². The van der Waals surface area contributed by atoms with Gasteiger partial charge in [0.1, 0.15) is 12.4 Å². The number of benzene rings is 1. The summed E-state index contributed by atoms with van der Waals surface area (Å²) in [4.78, 5) is 11.6. The van der Waals surface area contributed by atoms with Crippen LogP contribution in [0.15, 0.2) is 36.9 Å². The highest BCUT2D eigenvalue weighted by Gasteiger charge is 2.11. The van der Waals surface area contributed by atoms with Crippen LogP contribution in [0, 0.1) is 5.92 Å². The van der Waals surface area contributed by atoms with Crippen molar-refractivity contribution >= 4 is 18.3 Å². The molecule has 0 aliphatic heterocycles. The van der Waals surface area contributed by atoms with Crippen LogP contribution < -0.4 is 15.8 Å². The molecule has 3 N–H and O–H groups in total. The molecule has 0 radical (unpaired) electrons. The Morgan fingerprint density at radius 3 is 2.84 bits per heavy atom. The molecular weight excluding hydrogens is 264 g/mol. The molecule has 1 unspecified atom stereocenters. The van der Waals surface area contributed by atoms with E-state index in [1.54, 1.807) is 13.0 Å². The summed E-state index contributed by atoms with van der Waals surface area (Å²) in [6, 6.07) is 7.60. The lowest BCUT2D eigenvalue weighted by Crippen LogP contribution is -2.32. The number of halogens is 1. The molecule has 0 saturated carbocycles. The van der Waals surface area contributed by atoms with Gasteiger partial charge in [-0.1, -0.05) is 37.8 Å². The van der Waals surface area contributed by atoms with Gasteiger partial charge in [-0.2, -0.15) is 0 Å². The average Bonchev–Trinajstić information content (AvgIpc) is 2.42. The van der Waals surface area contributed by atoms with E-state index in [1.807, 2.05) is 24.3 Å². The fourth-order valence-corrected chi connectivity index (χ4v) is 1.40. The number of rotatable bonds is 7. The first kappa shape index (κ1) is 17.5. The molecule has 0 aromatic heterocycles. The standard InChI is InChI=1S/C14H20N2O2.ClH/c1-3-8-18-13-7-5-4-6-12(13)10-16-14(17)11(2)9-15;/h3-7,11H,1,8-10,15H2,2H3,(H,16,17);1H. The van der Waals surface area contributed by atoms with E-state index in [4.69, 9.17) is 10.5 Å². The maximum absolute atomic E-state index is 11.6. The number of hydrogen-bond donors (Lipinski definition) is 2. The molecule has 0 spiro atoms. The molecule has 0 aliphatic carbocycles. The van der Waals surface area contributed by atoms with E-state index in [0.717, 1.165) is 11.3 Å². The molecule has 0 fully saturated rings. The number of carbonyl (C=O) groups is 1. The molecule has 5 heteroatoms. The zero-order valence-corrected chi connectivity index (χ0v) is 11.9. The zero-order chi connectivity index (χ0) is 13.4. The minimum atomic E-state index is -0.175. The van der Waals surface area contributed by atoms with E-state index >= 15 is 0 Å². The number of para-hydroxylation sites is 1. The van der Waals surface area contributed by atoms with Crippen molar-refractivity contribution in [2.75, 3.05) is 13.2 Å². The number of nitrogens with one attached hydrogen (secondary N) is 1. The number of amides is 1. The lowest BCUT2D eigenvalue weighted by atomic mass is 10.1. The SMILES string of the molecule is C=CCOc1ccccc1CNC(=O)C(C)CN.Cl. The van der Waals surface area contributed by atoms with Crippen LogP contribution in [0.3, 0.4) is 0 Å². The Labute approximate surface area is 120 Å². The van der Waals surface area contributed by atoms with Gasteiger partial charge in [0.25, 0.3) is 0 Å². The first-order valence-corrected chi connectivity index (χ1v) is 5.98. The molecule has 4 nitrogen and oxygen atoms in total. The van der Waals surface area contributed by atoms with Gasteiger partial charge in [0, 0.05) is 24.6 Å². The molecule has 1 rings (SSSR count). The molecule has 1 amide bonds. The molecule has 0 heterocycles. The Morgan fingerprint density at radius 2 is 2.21 bits per heavy atom. The van der Waals surface area contributed by atoms with Gasteiger partial charge in [0.15, 0.2) is 0 Å². The first-order chi connectivity index (χ1) is 8.69. The molecular formula is C14H21ClN2O2. The van der Waals surface area contributed by atoms with Gasteiger partial charge < -0.3 is 15.8 Å². The van der Waals surface area contributed by atoms with Gasteiger partial charge in [0.2, 0.25) is 5.91 Å². The van der Waals surface area contributed by atoms with Gasteiger partial charge in [-0.25, -0.2) is 0 Å². The minimum absolute atomic E-state index is 0. The molecule has 1 aromatic rings. The van der Waals surface area contributed by atoms with Crippen molar-refractivity contribution < 1.29 is 9.53 Å². The molecule has 106 valence electrons. The van der Waals surface area contributed by atoms with Crippen molar-refractivity contribution in [2.24, 2.45) is 11.7 Å². The molecule has 0 aliphatic rings. The summed E-state index contributed by atoms with van der Waals surface area (Å²) in [6.45, 7) is 6.64. The summed E-state index contributed by atoms with van der Waals surface area (Å²) in [5, 5.41) is 2.84. The van der Waals surface area contributed by atoms with Crippen molar-refractivity contribution in [1.82, 2.24) is 5.32 Å². The third kappa shape index (κ3) is 5.77. The Kier molecular flexibility index (Phi) is 8.66. The molecule has 19 heavy (non-hydrogen) atoms. The van der Waals surface area contributed by atoms with E-state index in [-0.39, 0.29) is 24.2 Å². The topological polar surface area (TPSA) is 64.3 Å². The minimum Gasteiger partial charge on any atom is -0.489 e. The third-order valence-electron chi connectivity index (χ3n) is 2.58. The van der Waals surface area contributed by atoms with Crippen LogP contribution in [0.5, 0.6) is 5.75 Å². The Hall–Kier alpha value is -1.52. The number of carbonyl (C=O) groups excluding carboxylic acids is 1. The van der Waals surface area contributed by atoms with E-state index in [2.05, 4.69) is 11.9 Å². The highest BCUT2D eigenvalue weighted by molar-refractivity contribution is 5.85. The highest BCUT2D eigenvalue weighted by atomic mass is 35.5. The van der Waals surface area contributed by atoms with Crippen LogP contribution in [0.4, 0.5) is 0 Å². The second-order valence-corrected chi connectivity index (χ2v) is 4.06. The lowest BCUT2D eigenvalue weighted by Gasteiger charge is -2.13. The summed E-state index contributed by atoms with van der Waals surface area (Å²) in [5.74, 6) is 0.542. The van der Waals surface area contributed by atoms with Gasteiger partial charge in [-0.15, -0.1) is 12.4 Å². The summed E-state index contributed by atoms with van der Waals surface area (Å²) < 4.78 is 5.51. The van der Waals surface area contributed by atoms with Crippen LogP contribution in [-0.2, 0) is 11.3 Å². The normalized spacial score (nSPS) is 11.1. The average molecular weight is 285 g/mol. The second kappa shape index (κ2) is 9.42. The zero-order valence-electron chi connectivity index (χ0n) is 11.1. The Bertz CT molecular complexity index is 410. The number of ether oxygens (including phenoxy) is 1. The fraction of sp³-hybridized carbons (Fsp3) is 0.357. The van der Waals surface area contributed by atoms with Crippen molar-refractivity contribution in [1.29, 1.82) is 0 Å². The predicted octanol–water partition coefficient (Wildman–Crippen LogP) is 1.88. The van der Waals surface area contributed by atoms with Crippen molar-refractivity contribution in [2.45, 2.75) is 13.5 Å². The second-order valence-electron chi connectivity index (χ2n) is 4.06. The summed E-state index contributed by atoms with van der Waals surface area (Å²) in [7, 11) is 0. The maximum atomic E-state index is 11.6. The number of hydrogen-bond acceptors (Lipinski definition) is 3. The summed E-state index contributed by atoms with van der Waals surface area (Å²) in [5.41, 5.74) is 6.38. The largest absolute Gasteiger partial charge is 0.489 e. The van der Waals surface area contributed by atoms with Crippen molar-refractivity contribution in [3.8, 4) is 5.75 Å². The molecule has 0 saturated heterocycles. The monoisotopic (exact) mass is 284 g/mol. The number of nitrogens with two attached hydrogens (primary N) is 1. The van der Waals surface area contributed by atoms with Crippen LogP contribution >= 0.6 is 12.4 Å². The Morgan fingerprint density at radius 1 is 1.53 bits per heavy atom. The highest BCUT2D eigenvalue weighted by Crippen LogP contribution is 2.17. The van der Waals surface area contributed by atoms with Crippen molar-refractivity contribution in [3.63, 3.8) is 0 Å². The van der Waals surface area contributed by atoms with E-state index in [1.165, 1.54) is 0 Å². The molecule has 1 aromatic carbocycles. The van der Waals surface area contributed by atoms with E-state index < -0.39 is 0 Å². The van der Waals surface area contributed by atoms with Crippen LogP contribution in [0.2, 0.25) is 0 Å². The third-order valence-corrected chi connectivity index (χ3v) is 2.58. The van der Waals surface area contributed by atoms with E-state index in [0.29, 0.717) is 19.7 Å². The maximum Gasteiger partial charge on any atom is 0.224 e. The quantitative estimate of drug-likeness (QED) is 0.752.